The molecule has 5 heteroatoms. The predicted octanol–water partition coefficient (Wildman–Crippen LogP) is 4.95. The van der Waals surface area contributed by atoms with Gasteiger partial charge < -0.3 is 10.5 Å². The van der Waals surface area contributed by atoms with Gasteiger partial charge in [0.2, 0.25) is 0 Å². The lowest BCUT2D eigenvalue weighted by Crippen LogP contribution is -2.11. The average Bonchev–Trinajstić information content (AvgIpc) is 2.32. The van der Waals surface area contributed by atoms with Crippen molar-refractivity contribution in [2.45, 2.75) is 6.92 Å². The Hall–Kier alpha value is -0.910. The minimum atomic E-state index is 0.303. The lowest BCUT2D eigenvalue weighted by atomic mass is 10.2. The fraction of sp³-hybridized carbons (Fsp3) is 0.0714. The summed E-state index contributed by atoms with van der Waals surface area (Å²) in [6, 6.07) is 11.4. The monoisotopic (exact) mass is 399 g/mol. The van der Waals surface area contributed by atoms with E-state index >= 15 is 0 Å². The number of aryl methyl sites for hydroxylation is 1. The van der Waals surface area contributed by atoms with Crippen LogP contribution in [0.5, 0.6) is 11.5 Å². The Morgan fingerprint density at radius 3 is 2.53 bits per heavy atom. The third kappa shape index (κ3) is 3.35. The summed E-state index contributed by atoms with van der Waals surface area (Å²) in [4.78, 5) is 0.303. The first-order valence-electron chi connectivity index (χ1n) is 5.51. The molecule has 0 spiro atoms. The summed E-state index contributed by atoms with van der Waals surface area (Å²) in [5.74, 6) is 1.42. The number of thiocarbonyl (C=S) groups is 1. The largest absolute Gasteiger partial charge is 0.456 e. The lowest BCUT2D eigenvalue weighted by Gasteiger charge is -2.13. The maximum Gasteiger partial charge on any atom is 0.138 e. The van der Waals surface area contributed by atoms with Gasteiger partial charge in [-0.25, -0.2) is 0 Å². The van der Waals surface area contributed by atoms with Crippen LogP contribution < -0.4 is 10.5 Å². The summed E-state index contributed by atoms with van der Waals surface area (Å²) in [6.07, 6.45) is 0. The zero-order valence-corrected chi connectivity index (χ0v) is 14.1. The second-order valence-electron chi connectivity index (χ2n) is 3.99. The van der Waals surface area contributed by atoms with Crippen LogP contribution in [0.2, 0.25) is 0 Å². The van der Waals surface area contributed by atoms with Gasteiger partial charge in [0, 0.05) is 8.95 Å². The molecule has 0 unspecified atom stereocenters. The number of halogens is 2. The third-order valence-corrected chi connectivity index (χ3v) is 3.94. The van der Waals surface area contributed by atoms with E-state index in [1.54, 1.807) is 0 Å². The Balaban J connectivity index is 2.44. The molecule has 0 aromatic heterocycles. The summed E-state index contributed by atoms with van der Waals surface area (Å²) in [6.45, 7) is 1.98. The average molecular weight is 401 g/mol. The fourth-order valence-corrected chi connectivity index (χ4v) is 3.05. The molecule has 0 heterocycles. The van der Waals surface area contributed by atoms with E-state index in [1.165, 1.54) is 0 Å². The Morgan fingerprint density at radius 1 is 1.16 bits per heavy atom. The highest BCUT2D eigenvalue weighted by atomic mass is 79.9. The van der Waals surface area contributed by atoms with Gasteiger partial charge in [-0.15, -0.1) is 0 Å². The molecule has 0 aliphatic heterocycles. The molecule has 0 fully saturated rings. The molecular formula is C14H11Br2NOS. The van der Waals surface area contributed by atoms with E-state index in [0.29, 0.717) is 16.3 Å². The van der Waals surface area contributed by atoms with Crippen LogP contribution in [0.3, 0.4) is 0 Å². The molecule has 0 bridgehead atoms. The molecule has 0 radical (unpaired) electrons. The van der Waals surface area contributed by atoms with Crippen LogP contribution in [0.15, 0.2) is 45.3 Å². The molecule has 2 nitrogen and oxygen atoms in total. The third-order valence-electron chi connectivity index (χ3n) is 2.58. The molecule has 2 aromatic rings. The molecule has 19 heavy (non-hydrogen) atoms. The van der Waals surface area contributed by atoms with Crippen LogP contribution in [0.25, 0.3) is 0 Å². The summed E-state index contributed by atoms with van der Waals surface area (Å²) >= 11 is 11.9. The second-order valence-corrected chi connectivity index (χ2v) is 6.20. The van der Waals surface area contributed by atoms with Gasteiger partial charge in [0.1, 0.15) is 16.5 Å². The number of hydrogen-bond donors (Lipinski definition) is 1. The molecule has 0 amide bonds. The standard InChI is InChI=1S/C14H11Br2NOS/c1-8-7-9(15)5-6-11(8)18-12-4-2-3-10(16)13(12)14(17)19/h2-7H,1H3,(H2,17,19). The predicted molar refractivity (Wildman–Crippen MR) is 89.0 cm³/mol. The lowest BCUT2D eigenvalue weighted by molar-refractivity contribution is 0.477. The first kappa shape index (κ1) is 14.5. The summed E-state index contributed by atoms with van der Waals surface area (Å²) < 4.78 is 7.76. The van der Waals surface area contributed by atoms with E-state index in [9.17, 15) is 0 Å². The van der Waals surface area contributed by atoms with Crippen molar-refractivity contribution in [1.82, 2.24) is 0 Å². The van der Waals surface area contributed by atoms with Crippen LogP contribution in [0.1, 0.15) is 11.1 Å². The molecule has 0 aliphatic carbocycles. The van der Waals surface area contributed by atoms with E-state index in [1.807, 2.05) is 43.3 Å². The molecule has 2 aromatic carbocycles. The minimum Gasteiger partial charge on any atom is -0.456 e. The van der Waals surface area contributed by atoms with Gasteiger partial charge in [0.15, 0.2) is 0 Å². The van der Waals surface area contributed by atoms with Gasteiger partial charge in [-0.2, -0.15) is 0 Å². The Bertz CT molecular complexity index is 643. The minimum absolute atomic E-state index is 0.303. The van der Waals surface area contributed by atoms with Gasteiger partial charge >= 0.3 is 0 Å². The summed E-state index contributed by atoms with van der Waals surface area (Å²) in [7, 11) is 0. The summed E-state index contributed by atoms with van der Waals surface area (Å²) in [5, 5.41) is 0. The van der Waals surface area contributed by atoms with Gasteiger partial charge in [0.25, 0.3) is 0 Å². The van der Waals surface area contributed by atoms with E-state index in [4.69, 9.17) is 22.7 Å². The van der Waals surface area contributed by atoms with Crippen LogP contribution in [0.4, 0.5) is 0 Å². The Labute approximate surface area is 134 Å². The van der Waals surface area contributed by atoms with E-state index in [-0.39, 0.29) is 0 Å². The van der Waals surface area contributed by atoms with Gasteiger partial charge in [-0.3, -0.25) is 0 Å². The molecule has 98 valence electrons. The molecule has 2 N–H and O–H groups in total. The number of ether oxygens (including phenoxy) is 1. The Kier molecular flexibility index (Phi) is 4.60. The van der Waals surface area contributed by atoms with Crippen molar-refractivity contribution in [2.24, 2.45) is 5.73 Å². The number of rotatable bonds is 3. The van der Waals surface area contributed by atoms with Crippen molar-refractivity contribution in [3.63, 3.8) is 0 Å². The molecule has 0 aliphatic rings. The van der Waals surface area contributed by atoms with E-state index in [0.717, 1.165) is 20.3 Å². The molecular weight excluding hydrogens is 390 g/mol. The molecule has 0 atom stereocenters. The van der Waals surface area contributed by atoms with Crippen molar-refractivity contribution in [3.8, 4) is 11.5 Å². The number of hydrogen-bond acceptors (Lipinski definition) is 2. The van der Waals surface area contributed by atoms with Crippen molar-refractivity contribution < 1.29 is 4.74 Å². The number of benzene rings is 2. The highest BCUT2D eigenvalue weighted by Crippen LogP contribution is 2.32. The smallest absolute Gasteiger partial charge is 0.138 e. The van der Waals surface area contributed by atoms with Crippen molar-refractivity contribution in [1.29, 1.82) is 0 Å². The number of nitrogens with two attached hydrogens (primary N) is 1. The van der Waals surface area contributed by atoms with E-state index < -0.39 is 0 Å². The van der Waals surface area contributed by atoms with Gasteiger partial charge in [-0.05, 0) is 58.7 Å². The van der Waals surface area contributed by atoms with E-state index in [2.05, 4.69) is 31.9 Å². The van der Waals surface area contributed by atoms with Crippen molar-refractivity contribution in [3.05, 3.63) is 56.5 Å². The van der Waals surface area contributed by atoms with Crippen molar-refractivity contribution >= 4 is 49.1 Å². The first-order valence-corrected chi connectivity index (χ1v) is 7.51. The van der Waals surface area contributed by atoms with Crippen molar-refractivity contribution in [2.75, 3.05) is 0 Å². The maximum atomic E-state index is 5.92. The van der Waals surface area contributed by atoms with Crippen LogP contribution in [-0.4, -0.2) is 4.99 Å². The van der Waals surface area contributed by atoms with Crippen LogP contribution in [0, 0.1) is 6.92 Å². The highest BCUT2D eigenvalue weighted by molar-refractivity contribution is 9.10. The van der Waals surface area contributed by atoms with Crippen LogP contribution in [-0.2, 0) is 0 Å². The SMILES string of the molecule is Cc1cc(Br)ccc1Oc1cccc(Br)c1C(N)=S. The molecule has 2 rings (SSSR count). The van der Waals surface area contributed by atoms with Crippen LogP contribution >= 0.6 is 44.1 Å². The van der Waals surface area contributed by atoms with Gasteiger partial charge in [0.05, 0.1) is 5.56 Å². The zero-order chi connectivity index (χ0) is 14.0. The summed E-state index contributed by atoms with van der Waals surface area (Å²) in [5.41, 5.74) is 7.48. The second kappa shape index (κ2) is 6.03. The molecule has 0 saturated carbocycles. The quantitative estimate of drug-likeness (QED) is 0.740. The zero-order valence-electron chi connectivity index (χ0n) is 10.1. The fourth-order valence-electron chi connectivity index (χ4n) is 1.67. The topological polar surface area (TPSA) is 35.2 Å². The maximum absolute atomic E-state index is 5.92. The normalized spacial score (nSPS) is 10.3. The molecule has 0 saturated heterocycles. The van der Waals surface area contributed by atoms with Gasteiger partial charge in [-0.1, -0.05) is 34.2 Å². The Morgan fingerprint density at radius 2 is 1.89 bits per heavy atom. The highest BCUT2D eigenvalue weighted by Gasteiger charge is 2.12. The first-order chi connectivity index (χ1) is 8.99.